The summed E-state index contributed by atoms with van der Waals surface area (Å²) in [5.74, 6) is 1.46. The van der Waals surface area contributed by atoms with Crippen LogP contribution in [-0.4, -0.2) is 17.6 Å². The molecule has 0 radical (unpaired) electrons. The van der Waals surface area contributed by atoms with E-state index in [9.17, 15) is 0 Å². The number of aryl methyl sites for hydroxylation is 1. The Kier molecular flexibility index (Phi) is 5.81. The van der Waals surface area contributed by atoms with Gasteiger partial charge in [0.15, 0.2) is 0 Å². The molecule has 0 spiro atoms. The fraction of sp³-hybridized carbons (Fsp3) is 0.471. The Labute approximate surface area is 121 Å². The molecule has 20 heavy (non-hydrogen) atoms. The third-order valence-electron chi connectivity index (χ3n) is 3.70. The third-order valence-corrected chi connectivity index (χ3v) is 3.70. The standard InChI is InChI=1S/C17H24N2O/c1-3-11-18-17(10-9-15-7-6-13-20-15)14(2)16-8-4-5-12-19-16/h4-8,12-14,17-18H,3,9-11H2,1-2H3. The van der Waals surface area contributed by atoms with Crippen molar-refractivity contribution in [2.24, 2.45) is 0 Å². The van der Waals surface area contributed by atoms with Gasteiger partial charge in [-0.1, -0.05) is 19.9 Å². The van der Waals surface area contributed by atoms with Crippen LogP contribution in [0.25, 0.3) is 0 Å². The average Bonchev–Trinajstić information content (AvgIpc) is 3.01. The van der Waals surface area contributed by atoms with Crippen molar-refractivity contribution in [1.29, 1.82) is 0 Å². The van der Waals surface area contributed by atoms with Gasteiger partial charge in [0, 0.05) is 30.3 Å². The molecule has 0 fully saturated rings. The van der Waals surface area contributed by atoms with E-state index >= 15 is 0 Å². The molecule has 2 unspecified atom stereocenters. The van der Waals surface area contributed by atoms with Crippen LogP contribution in [0.2, 0.25) is 0 Å². The van der Waals surface area contributed by atoms with Crippen molar-refractivity contribution in [3.05, 3.63) is 54.2 Å². The maximum Gasteiger partial charge on any atom is 0.103 e. The first-order valence-corrected chi connectivity index (χ1v) is 7.48. The second kappa shape index (κ2) is 7.85. The Balaban J connectivity index is 1.98. The lowest BCUT2D eigenvalue weighted by atomic mass is 9.93. The van der Waals surface area contributed by atoms with Crippen molar-refractivity contribution in [2.45, 2.75) is 45.1 Å². The van der Waals surface area contributed by atoms with Crippen LogP contribution in [-0.2, 0) is 6.42 Å². The molecule has 0 saturated carbocycles. The Morgan fingerprint density at radius 3 is 2.80 bits per heavy atom. The maximum absolute atomic E-state index is 5.43. The summed E-state index contributed by atoms with van der Waals surface area (Å²) in [4.78, 5) is 4.49. The molecule has 2 aromatic rings. The SMILES string of the molecule is CCCNC(CCc1ccco1)C(C)c1ccccn1. The van der Waals surface area contributed by atoms with E-state index in [-0.39, 0.29) is 0 Å². The van der Waals surface area contributed by atoms with Gasteiger partial charge in [0.25, 0.3) is 0 Å². The summed E-state index contributed by atoms with van der Waals surface area (Å²) < 4.78 is 5.43. The molecule has 0 aliphatic heterocycles. The largest absolute Gasteiger partial charge is 0.469 e. The van der Waals surface area contributed by atoms with Crippen LogP contribution >= 0.6 is 0 Å². The van der Waals surface area contributed by atoms with Crippen molar-refractivity contribution < 1.29 is 4.42 Å². The summed E-state index contributed by atoms with van der Waals surface area (Å²) in [5, 5.41) is 3.65. The zero-order valence-corrected chi connectivity index (χ0v) is 12.4. The smallest absolute Gasteiger partial charge is 0.103 e. The van der Waals surface area contributed by atoms with Gasteiger partial charge in [-0.25, -0.2) is 0 Å². The molecule has 2 aromatic heterocycles. The van der Waals surface area contributed by atoms with Crippen molar-refractivity contribution in [3.63, 3.8) is 0 Å². The monoisotopic (exact) mass is 272 g/mol. The summed E-state index contributed by atoms with van der Waals surface area (Å²) in [6.07, 6.45) is 6.78. The van der Waals surface area contributed by atoms with E-state index in [0.29, 0.717) is 12.0 Å². The minimum absolute atomic E-state index is 0.401. The summed E-state index contributed by atoms with van der Waals surface area (Å²) >= 11 is 0. The predicted octanol–water partition coefficient (Wildman–Crippen LogP) is 3.78. The zero-order chi connectivity index (χ0) is 14.2. The number of nitrogens with zero attached hydrogens (tertiary/aromatic N) is 1. The number of rotatable bonds is 8. The van der Waals surface area contributed by atoms with Crippen LogP contribution in [0.4, 0.5) is 0 Å². The van der Waals surface area contributed by atoms with E-state index < -0.39 is 0 Å². The van der Waals surface area contributed by atoms with Gasteiger partial charge in [-0.2, -0.15) is 0 Å². The second-order valence-corrected chi connectivity index (χ2v) is 5.22. The van der Waals surface area contributed by atoms with Crippen LogP contribution in [0, 0.1) is 0 Å². The molecule has 2 rings (SSSR count). The number of hydrogen-bond acceptors (Lipinski definition) is 3. The molecule has 0 aliphatic carbocycles. The van der Waals surface area contributed by atoms with E-state index in [1.165, 1.54) is 0 Å². The highest BCUT2D eigenvalue weighted by molar-refractivity contribution is 5.11. The quantitative estimate of drug-likeness (QED) is 0.794. The molecule has 2 atom stereocenters. The minimum Gasteiger partial charge on any atom is -0.469 e. The van der Waals surface area contributed by atoms with Crippen LogP contribution in [0.3, 0.4) is 0 Å². The molecule has 3 nitrogen and oxygen atoms in total. The van der Waals surface area contributed by atoms with Crippen LogP contribution in [0.1, 0.15) is 44.1 Å². The lowest BCUT2D eigenvalue weighted by molar-refractivity contribution is 0.400. The molecular weight excluding hydrogens is 248 g/mol. The van der Waals surface area contributed by atoms with E-state index in [0.717, 1.165) is 37.3 Å². The Morgan fingerprint density at radius 1 is 1.25 bits per heavy atom. The summed E-state index contributed by atoms with van der Waals surface area (Å²) in [6, 6.07) is 10.6. The Bertz CT molecular complexity index is 467. The van der Waals surface area contributed by atoms with Gasteiger partial charge < -0.3 is 9.73 Å². The van der Waals surface area contributed by atoms with Crippen LogP contribution in [0.5, 0.6) is 0 Å². The number of pyridine rings is 1. The number of aromatic nitrogens is 1. The molecule has 0 bridgehead atoms. The lowest BCUT2D eigenvalue weighted by Crippen LogP contribution is -2.35. The van der Waals surface area contributed by atoms with Crippen molar-refractivity contribution in [1.82, 2.24) is 10.3 Å². The number of nitrogens with one attached hydrogen (secondary N) is 1. The first kappa shape index (κ1) is 14.8. The van der Waals surface area contributed by atoms with Gasteiger partial charge in [0.1, 0.15) is 5.76 Å². The Hall–Kier alpha value is -1.61. The first-order chi connectivity index (χ1) is 9.81. The van der Waals surface area contributed by atoms with Gasteiger partial charge in [0.05, 0.1) is 6.26 Å². The molecular formula is C17H24N2O. The van der Waals surface area contributed by atoms with Crippen LogP contribution < -0.4 is 5.32 Å². The molecule has 1 N–H and O–H groups in total. The highest BCUT2D eigenvalue weighted by atomic mass is 16.3. The Morgan fingerprint density at radius 2 is 2.15 bits per heavy atom. The van der Waals surface area contributed by atoms with E-state index in [4.69, 9.17) is 4.42 Å². The maximum atomic E-state index is 5.43. The molecule has 0 saturated heterocycles. The molecule has 3 heteroatoms. The third kappa shape index (κ3) is 4.20. The highest BCUT2D eigenvalue weighted by Crippen LogP contribution is 2.20. The summed E-state index contributed by atoms with van der Waals surface area (Å²) in [6.45, 7) is 5.49. The van der Waals surface area contributed by atoms with Crippen molar-refractivity contribution in [3.8, 4) is 0 Å². The molecule has 2 heterocycles. The first-order valence-electron chi connectivity index (χ1n) is 7.48. The highest BCUT2D eigenvalue weighted by Gasteiger charge is 2.19. The average molecular weight is 272 g/mol. The van der Waals surface area contributed by atoms with Crippen molar-refractivity contribution in [2.75, 3.05) is 6.54 Å². The molecule has 0 aliphatic rings. The number of furan rings is 1. The second-order valence-electron chi connectivity index (χ2n) is 5.22. The van der Waals surface area contributed by atoms with Gasteiger partial charge in [-0.05, 0) is 43.7 Å². The van der Waals surface area contributed by atoms with Gasteiger partial charge in [-0.15, -0.1) is 0 Å². The molecule has 108 valence electrons. The fourth-order valence-corrected chi connectivity index (χ4v) is 2.46. The number of hydrogen-bond donors (Lipinski definition) is 1. The lowest BCUT2D eigenvalue weighted by Gasteiger charge is -2.24. The van der Waals surface area contributed by atoms with E-state index in [2.05, 4.69) is 36.3 Å². The normalized spacial score (nSPS) is 14.1. The topological polar surface area (TPSA) is 38.1 Å². The van der Waals surface area contributed by atoms with E-state index in [1.54, 1.807) is 6.26 Å². The summed E-state index contributed by atoms with van der Waals surface area (Å²) in [7, 11) is 0. The minimum atomic E-state index is 0.401. The van der Waals surface area contributed by atoms with Crippen LogP contribution in [0.15, 0.2) is 47.2 Å². The predicted molar refractivity (Wildman–Crippen MR) is 81.8 cm³/mol. The van der Waals surface area contributed by atoms with Crippen molar-refractivity contribution >= 4 is 0 Å². The summed E-state index contributed by atoms with van der Waals surface area (Å²) in [5.41, 5.74) is 1.15. The van der Waals surface area contributed by atoms with E-state index in [1.807, 2.05) is 24.4 Å². The fourth-order valence-electron chi connectivity index (χ4n) is 2.46. The zero-order valence-electron chi connectivity index (χ0n) is 12.4. The van der Waals surface area contributed by atoms with Gasteiger partial charge in [0.2, 0.25) is 0 Å². The van der Waals surface area contributed by atoms with Gasteiger partial charge >= 0.3 is 0 Å². The van der Waals surface area contributed by atoms with Gasteiger partial charge in [-0.3, -0.25) is 4.98 Å². The molecule has 0 aromatic carbocycles. The molecule has 0 amide bonds.